The van der Waals surface area contributed by atoms with Crippen LogP contribution in [-0.4, -0.2) is 6.69 Å². The summed E-state index contributed by atoms with van der Waals surface area (Å²) in [6.45, 7) is 2.25. The third-order valence-corrected chi connectivity index (χ3v) is 4.68. The molecule has 0 aromatic heterocycles. The van der Waals surface area contributed by atoms with E-state index in [9.17, 15) is 0 Å². The van der Waals surface area contributed by atoms with Gasteiger partial charge in [-0.25, -0.2) is 0 Å². The molecule has 0 atom stereocenters. The first kappa shape index (κ1) is 13.1. The van der Waals surface area contributed by atoms with Gasteiger partial charge in [0.15, 0.2) is 0 Å². The molecule has 0 spiro atoms. The van der Waals surface area contributed by atoms with Gasteiger partial charge in [0.25, 0.3) is 0 Å². The first-order valence-electron chi connectivity index (χ1n) is 5.47. The highest BCUT2D eigenvalue weighted by molar-refractivity contribution is 7.44. The fourth-order valence-corrected chi connectivity index (χ4v) is 2.82. The van der Waals surface area contributed by atoms with Crippen LogP contribution in [0, 0.1) is 0 Å². The predicted octanol–water partition coefficient (Wildman–Crippen LogP) is 4.73. The number of hydrogen-bond acceptors (Lipinski definition) is 0. The van der Waals surface area contributed by atoms with Crippen LogP contribution in [0.15, 0.2) is 24.3 Å². The lowest BCUT2D eigenvalue weighted by Crippen LogP contribution is -2.13. The molecular formula is C12H18Cl2Si. The number of benzene rings is 1. The Hall–Kier alpha value is 0.0169. The molecular weight excluding hydrogens is 243 g/mol. The molecule has 0 aliphatic carbocycles. The molecule has 0 N–H and O–H groups in total. The Morgan fingerprint density at radius 2 is 1.47 bits per heavy atom. The Kier molecular flexibility index (Phi) is 5.17. The van der Waals surface area contributed by atoms with Crippen LogP contribution < -0.4 is 0 Å². The van der Waals surface area contributed by atoms with Crippen LogP contribution in [0.1, 0.15) is 24.5 Å². The van der Waals surface area contributed by atoms with E-state index in [1.165, 1.54) is 17.5 Å². The summed E-state index contributed by atoms with van der Waals surface area (Å²) in [5.74, 6) is 0. The van der Waals surface area contributed by atoms with E-state index >= 15 is 0 Å². The smallest absolute Gasteiger partial charge is 0.146 e. The molecule has 3 heteroatoms. The number of aryl methyl sites for hydroxylation is 2. The fourth-order valence-electron chi connectivity index (χ4n) is 1.53. The molecule has 0 saturated carbocycles. The van der Waals surface area contributed by atoms with Crippen molar-refractivity contribution in [2.24, 2.45) is 0 Å². The van der Waals surface area contributed by atoms with Crippen molar-refractivity contribution in [1.29, 1.82) is 0 Å². The van der Waals surface area contributed by atoms with Gasteiger partial charge in [0.2, 0.25) is 6.69 Å². The fraction of sp³-hybridized carbons (Fsp3) is 0.500. The lowest BCUT2D eigenvalue weighted by molar-refractivity contribution is 0.920. The topological polar surface area (TPSA) is 0 Å². The van der Waals surface area contributed by atoms with Gasteiger partial charge in [0.05, 0.1) is 0 Å². The van der Waals surface area contributed by atoms with Crippen molar-refractivity contribution in [3.05, 3.63) is 35.4 Å². The van der Waals surface area contributed by atoms with Crippen molar-refractivity contribution in [2.45, 2.75) is 38.8 Å². The normalized spacial score (nSPS) is 11.7. The molecule has 0 fully saturated rings. The minimum absolute atomic E-state index is 0.934. The Bertz CT molecular complexity index is 287. The van der Waals surface area contributed by atoms with E-state index in [4.69, 9.17) is 22.2 Å². The first-order chi connectivity index (χ1) is 7.01. The number of hydrogen-bond donors (Lipinski definition) is 0. The molecule has 0 unspecified atom stereocenters. The van der Waals surface area contributed by atoms with Gasteiger partial charge in [0, 0.05) is 0 Å². The Morgan fingerprint density at radius 3 is 1.87 bits per heavy atom. The van der Waals surface area contributed by atoms with Gasteiger partial charge in [-0.2, -0.15) is 0 Å². The van der Waals surface area contributed by atoms with Gasteiger partial charge < -0.3 is 0 Å². The van der Waals surface area contributed by atoms with E-state index in [1.54, 1.807) is 0 Å². The summed E-state index contributed by atoms with van der Waals surface area (Å²) < 4.78 is 0. The highest BCUT2D eigenvalue weighted by Gasteiger charge is 2.19. The van der Waals surface area contributed by atoms with Crippen LogP contribution in [0.25, 0.3) is 0 Å². The molecule has 1 aromatic carbocycles. The second kappa shape index (κ2) is 5.93. The van der Waals surface area contributed by atoms with Crippen LogP contribution >= 0.6 is 22.2 Å². The van der Waals surface area contributed by atoms with Gasteiger partial charge >= 0.3 is 0 Å². The summed E-state index contributed by atoms with van der Waals surface area (Å²) in [6, 6.07) is 9.74. The van der Waals surface area contributed by atoms with E-state index in [1.807, 2.05) is 6.55 Å². The van der Waals surface area contributed by atoms with E-state index in [0.29, 0.717) is 0 Å². The number of halogens is 2. The zero-order valence-electron chi connectivity index (χ0n) is 9.39. The van der Waals surface area contributed by atoms with E-state index in [-0.39, 0.29) is 0 Å². The van der Waals surface area contributed by atoms with Crippen molar-refractivity contribution >= 4 is 28.9 Å². The molecule has 1 aromatic rings. The van der Waals surface area contributed by atoms with E-state index < -0.39 is 6.69 Å². The zero-order valence-corrected chi connectivity index (χ0v) is 11.9. The minimum Gasteiger partial charge on any atom is -0.146 e. The van der Waals surface area contributed by atoms with Gasteiger partial charge in [-0.05, 0) is 36.6 Å². The molecule has 0 aliphatic heterocycles. The van der Waals surface area contributed by atoms with Crippen LogP contribution in [-0.2, 0) is 12.8 Å². The van der Waals surface area contributed by atoms with Crippen LogP contribution in [0.5, 0.6) is 0 Å². The largest absolute Gasteiger partial charge is 0.248 e. The van der Waals surface area contributed by atoms with Crippen molar-refractivity contribution in [3.8, 4) is 0 Å². The standard InChI is InChI=1S/C12H18Cl2Si/c1-3-4-11-5-7-12(8-6-11)9-10-15(2,13)14/h5-8H,3-4,9-10H2,1-2H3. The van der Waals surface area contributed by atoms with Gasteiger partial charge in [-0.1, -0.05) is 37.6 Å². The second-order valence-corrected chi connectivity index (χ2v) is 12.4. The molecule has 15 heavy (non-hydrogen) atoms. The van der Waals surface area contributed by atoms with Gasteiger partial charge in [0.1, 0.15) is 0 Å². The van der Waals surface area contributed by atoms with Crippen LogP contribution in [0.3, 0.4) is 0 Å². The molecule has 0 amide bonds. The molecule has 0 aliphatic rings. The average Bonchev–Trinajstić information content (AvgIpc) is 2.16. The van der Waals surface area contributed by atoms with Crippen molar-refractivity contribution in [1.82, 2.24) is 0 Å². The van der Waals surface area contributed by atoms with Gasteiger partial charge in [-0.15, -0.1) is 22.2 Å². The first-order valence-corrected chi connectivity index (χ1v) is 10.2. The summed E-state index contributed by atoms with van der Waals surface area (Å²) in [7, 11) is 0. The van der Waals surface area contributed by atoms with Crippen molar-refractivity contribution in [3.63, 3.8) is 0 Å². The zero-order chi connectivity index (χ0) is 11.3. The molecule has 0 saturated heterocycles. The van der Waals surface area contributed by atoms with Crippen LogP contribution in [0.4, 0.5) is 0 Å². The third kappa shape index (κ3) is 5.60. The Morgan fingerprint density at radius 1 is 1.00 bits per heavy atom. The molecule has 1 rings (SSSR count). The molecule has 84 valence electrons. The second-order valence-electron chi connectivity index (χ2n) is 4.14. The maximum absolute atomic E-state index is 6.07. The molecule has 0 heterocycles. The third-order valence-electron chi connectivity index (χ3n) is 2.41. The Labute approximate surface area is 103 Å². The summed E-state index contributed by atoms with van der Waals surface area (Å²) >= 11 is 12.1. The Balaban J connectivity index is 2.50. The monoisotopic (exact) mass is 260 g/mol. The predicted molar refractivity (Wildman–Crippen MR) is 72.3 cm³/mol. The quantitative estimate of drug-likeness (QED) is 0.531. The minimum atomic E-state index is -1.92. The average molecular weight is 261 g/mol. The summed E-state index contributed by atoms with van der Waals surface area (Å²) in [5.41, 5.74) is 2.76. The maximum Gasteiger partial charge on any atom is 0.248 e. The lowest BCUT2D eigenvalue weighted by Gasteiger charge is -2.09. The number of rotatable bonds is 5. The summed E-state index contributed by atoms with van der Waals surface area (Å²) in [4.78, 5) is 0. The maximum atomic E-state index is 6.07. The van der Waals surface area contributed by atoms with E-state index in [0.717, 1.165) is 18.9 Å². The summed E-state index contributed by atoms with van der Waals surface area (Å²) in [5, 5.41) is 0. The van der Waals surface area contributed by atoms with E-state index in [2.05, 4.69) is 31.2 Å². The highest BCUT2D eigenvalue weighted by Crippen LogP contribution is 2.22. The van der Waals surface area contributed by atoms with Crippen LogP contribution in [0.2, 0.25) is 12.6 Å². The molecule has 0 nitrogen and oxygen atoms in total. The SMILES string of the molecule is CCCc1ccc(CC[Si](C)(Cl)Cl)cc1. The van der Waals surface area contributed by atoms with Gasteiger partial charge in [-0.3, -0.25) is 0 Å². The molecule has 0 radical (unpaired) electrons. The van der Waals surface area contributed by atoms with Crippen molar-refractivity contribution < 1.29 is 0 Å². The summed E-state index contributed by atoms with van der Waals surface area (Å²) in [6.07, 6.45) is 3.37. The molecule has 0 bridgehead atoms. The highest BCUT2D eigenvalue weighted by atomic mass is 35.7. The van der Waals surface area contributed by atoms with Crippen molar-refractivity contribution in [2.75, 3.05) is 0 Å². The lowest BCUT2D eigenvalue weighted by atomic mass is 10.1.